The van der Waals surface area contributed by atoms with Gasteiger partial charge in [0.15, 0.2) is 11.6 Å². The summed E-state index contributed by atoms with van der Waals surface area (Å²) < 4.78 is 88.2. The fourth-order valence-corrected chi connectivity index (χ4v) is 3.68. The van der Waals surface area contributed by atoms with Gasteiger partial charge in [-0.2, -0.15) is 14.0 Å². The van der Waals surface area contributed by atoms with Crippen molar-refractivity contribution in [1.82, 2.24) is 4.72 Å². The van der Waals surface area contributed by atoms with Gasteiger partial charge >= 0.3 is 6.61 Å². The van der Waals surface area contributed by atoms with Gasteiger partial charge in [0, 0.05) is 6.54 Å². The maximum Gasteiger partial charge on any atom is 0.387 e. The summed E-state index contributed by atoms with van der Waals surface area (Å²) in [6.45, 7) is -1.86. The molecule has 0 spiro atoms. The Hall–Kier alpha value is -2.66. The lowest BCUT2D eigenvalue weighted by Gasteiger charge is -2.11. The molecule has 0 unspecified atom stereocenters. The molecule has 0 heterocycles. The summed E-state index contributed by atoms with van der Waals surface area (Å²) in [5.41, 5.74) is -0.804. The molecule has 29 heavy (non-hydrogen) atoms. The molecule has 8 nitrogen and oxygen atoms in total. The van der Waals surface area contributed by atoms with E-state index in [1.54, 1.807) is 18.2 Å². The van der Waals surface area contributed by atoms with Gasteiger partial charge in [-0.25, -0.2) is 31.1 Å². The van der Waals surface area contributed by atoms with Gasteiger partial charge in [-0.1, -0.05) is 25.1 Å². The second-order valence-electron chi connectivity index (χ2n) is 5.10. The summed E-state index contributed by atoms with van der Waals surface area (Å²) in [6, 6.07) is 10.7. The van der Waals surface area contributed by atoms with E-state index in [1.165, 1.54) is 25.1 Å². The van der Waals surface area contributed by atoms with Gasteiger partial charge in [0.05, 0.1) is 4.90 Å². The number of alkyl halides is 2. The third-order valence-corrected chi connectivity index (χ3v) is 5.60. The average Bonchev–Trinajstić information content (AvgIpc) is 2.63. The Bertz CT molecular complexity index is 1090. The first-order valence-electron chi connectivity index (χ1n) is 7.69. The van der Waals surface area contributed by atoms with Crippen molar-refractivity contribution < 1.29 is 34.7 Å². The van der Waals surface area contributed by atoms with E-state index >= 15 is 0 Å². The van der Waals surface area contributed by atoms with Crippen LogP contribution in [-0.2, 0) is 20.0 Å². The number of nitrogens with zero attached hydrogens (tertiary/aromatic N) is 1. The van der Waals surface area contributed by atoms with Crippen LogP contribution in [0.4, 0.5) is 13.2 Å². The molecule has 0 aromatic heterocycles. The van der Waals surface area contributed by atoms with Crippen LogP contribution in [0.5, 0.6) is 5.75 Å². The lowest BCUT2D eigenvalue weighted by molar-refractivity contribution is -0.0525. The SMILES string of the molecule is CCNS(=O)(=O)c1ccc(F)c(OC(F)F)c1C#N.NS(=O)(=O)c1ccccc1. The van der Waals surface area contributed by atoms with E-state index in [9.17, 15) is 30.0 Å². The number of nitrogens with two attached hydrogens (primary N) is 1. The van der Waals surface area contributed by atoms with Crippen molar-refractivity contribution in [3.63, 3.8) is 0 Å². The number of benzene rings is 2. The Balaban J connectivity index is 0.000000352. The molecule has 2 aromatic rings. The Morgan fingerprint density at radius 3 is 2.14 bits per heavy atom. The van der Waals surface area contributed by atoms with Gasteiger partial charge in [0.1, 0.15) is 16.5 Å². The highest BCUT2D eigenvalue weighted by molar-refractivity contribution is 7.89. The topological polar surface area (TPSA) is 139 Å². The molecule has 0 radical (unpaired) electrons. The first-order chi connectivity index (χ1) is 13.4. The highest BCUT2D eigenvalue weighted by atomic mass is 32.2. The van der Waals surface area contributed by atoms with Crippen LogP contribution < -0.4 is 14.6 Å². The number of nitrogens with one attached hydrogen (secondary N) is 1. The molecule has 2 aromatic carbocycles. The number of primary sulfonamides is 1. The van der Waals surface area contributed by atoms with E-state index < -0.39 is 48.7 Å². The van der Waals surface area contributed by atoms with Crippen molar-refractivity contribution >= 4 is 20.0 Å². The predicted octanol–water partition coefficient (Wildman–Crippen LogP) is 1.93. The molecule has 13 heteroatoms. The second kappa shape index (κ2) is 10.2. The van der Waals surface area contributed by atoms with Crippen LogP contribution in [0.2, 0.25) is 0 Å². The standard InChI is InChI=1S/C10H9F3N2O3S.C6H7NO2S/c1-2-15-19(16,17)8-4-3-7(11)9(6(8)5-14)18-10(12)13;7-10(8,9)6-4-2-1-3-5-6/h3-4,10,15H,2H2,1H3;1-5H,(H2,7,8,9). The Labute approximate surface area is 165 Å². The largest absolute Gasteiger partial charge is 0.430 e. The zero-order chi connectivity index (χ0) is 22.2. The van der Waals surface area contributed by atoms with Crippen LogP contribution in [0.3, 0.4) is 0 Å². The normalized spacial score (nSPS) is 11.3. The zero-order valence-corrected chi connectivity index (χ0v) is 16.5. The van der Waals surface area contributed by atoms with E-state index in [0.717, 1.165) is 6.07 Å². The molecule has 0 aliphatic heterocycles. The van der Waals surface area contributed by atoms with Crippen molar-refractivity contribution in [3.8, 4) is 11.8 Å². The van der Waals surface area contributed by atoms with Crippen LogP contribution in [0.1, 0.15) is 12.5 Å². The molecule has 0 saturated carbocycles. The quantitative estimate of drug-likeness (QED) is 0.688. The Morgan fingerprint density at radius 1 is 1.14 bits per heavy atom. The number of halogens is 3. The number of hydrogen-bond donors (Lipinski definition) is 2. The average molecular weight is 451 g/mol. The van der Waals surface area contributed by atoms with E-state index in [4.69, 9.17) is 10.4 Å². The minimum atomic E-state index is -4.09. The molecule has 0 fully saturated rings. The lowest BCUT2D eigenvalue weighted by Crippen LogP contribution is -2.24. The second-order valence-corrected chi connectivity index (χ2v) is 8.40. The van der Waals surface area contributed by atoms with Crippen molar-refractivity contribution in [3.05, 3.63) is 53.8 Å². The third-order valence-electron chi connectivity index (χ3n) is 3.09. The summed E-state index contributed by atoms with van der Waals surface area (Å²) in [7, 11) is -7.60. The van der Waals surface area contributed by atoms with Crippen molar-refractivity contribution in [1.29, 1.82) is 5.26 Å². The lowest BCUT2D eigenvalue weighted by atomic mass is 10.2. The minimum Gasteiger partial charge on any atom is -0.430 e. The smallest absolute Gasteiger partial charge is 0.387 e. The summed E-state index contributed by atoms with van der Waals surface area (Å²) in [5.74, 6) is -2.33. The summed E-state index contributed by atoms with van der Waals surface area (Å²) >= 11 is 0. The fourth-order valence-electron chi connectivity index (χ4n) is 1.95. The van der Waals surface area contributed by atoms with Gasteiger partial charge in [-0.15, -0.1) is 0 Å². The van der Waals surface area contributed by atoms with E-state index in [1.807, 2.05) is 0 Å². The molecule has 2 rings (SSSR count). The molecule has 3 N–H and O–H groups in total. The van der Waals surface area contributed by atoms with Crippen molar-refractivity contribution in [2.45, 2.75) is 23.3 Å². The Kier molecular flexibility index (Phi) is 8.59. The molecule has 0 bridgehead atoms. The number of ether oxygens (including phenoxy) is 1. The number of rotatable bonds is 6. The maximum absolute atomic E-state index is 13.3. The highest BCUT2D eigenvalue weighted by Crippen LogP contribution is 2.29. The highest BCUT2D eigenvalue weighted by Gasteiger charge is 2.25. The molecular formula is C16H16F3N3O5S2. The van der Waals surface area contributed by atoms with Gasteiger partial charge in [0.25, 0.3) is 0 Å². The van der Waals surface area contributed by atoms with E-state index in [0.29, 0.717) is 6.07 Å². The van der Waals surface area contributed by atoms with Crippen LogP contribution in [0.15, 0.2) is 52.3 Å². The van der Waals surface area contributed by atoms with Crippen LogP contribution in [0, 0.1) is 17.1 Å². The van der Waals surface area contributed by atoms with Gasteiger partial charge in [-0.05, 0) is 24.3 Å². The van der Waals surface area contributed by atoms with Crippen LogP contribution in [0.25, 0.3) is 0 Å². The first kappa shape index (κ1) is 24.4. The molecule has 0 atom stereocenters. The van der Waals surface area contributed by atoms with Crippen molar-refractivity contribution in [2.24, 2.45) is 5.14 Å². The number of hydrogen-bond acceptors (Lipinski definition) is 6. The summed E-state index contributed by atoms with van der Waals surface area (Å²) in [4.78, 5) is -0.469. The van der Waals surface area contributed by atoms with Crippen molar-refractivity contribution in [2.75, 3.05) is 6.54 Å². The predicted molar refractivity (Wildman–Crippen MR) is 96.4 cm³/mol. The first-order valence-corrected chi connectivity index (χ1v) is 10.7. The van der Waals surface area contributed by atoms with Gasteiger partial charge in [-0.3, -0.25) is 0 Å². The molecule has 0 saturated heterocycles. The molecule has 158 valence electrons. The minimum absolute atomic E-state index is 0.0234. The third kappa shape index (κ3) is 7.02. The maximum atomic E-state index is 13.3. The summed E-state index contributed by atoms with van der Waals surface area (Å²) in [5, 5.41) is 13.7. The van der Waals surface area contributed by atoms with Gasteiger partial charge < -0.3 is 4.74 Å². The summed E-state index contributed by atoms with van der Waals surface area (Å²) in [6.07, 6.45) is 0. The number of nitriles is 1. The monoisotopic (exact) mass is 451 g/mol. The molecule has 0 aliphatic carbocycles. The van der Waals surface area contributed by atoms with Crippen LogP contribution >= 0.6 is 0 Å². The van der Waals surface area contributed by atoms with E-state index in [2.05, 4.69) is 9.46 Å². The molecule has 0 amide bonds. The molecule has 0 aliphatic rings. The van der Waals surface area contributed by atoms with Crippen LogP contribution in [-0.4, -0.2) is 30.0 Å². The fraction of sp³-hybridized carbons (Fsp3) is 0.188. The zero-order valence-electron chi connectivity index (χ0n) is 14.8. The van der Waals surface area contributed by atoms with E-state index in [-0.39, 0.29) is 11.4 Å². The Morgan fingerprint density at radius 2 is 1.72 bits per heavy atom. The molecular weight excluding hydrogens is 435 g/mol. The van der Waals surface area contributed by atoms with Gasteiger partial charge in [0.2, 0.25) is 20.0 Å². The number of sulfonamides is 2.